The number of thioether (sulfide) groups is 1. The Balaban J connectivity index is 1.70. The maximum absolute atomic E-state index is 12.8. The number of benzene rings is 2. The molecular weight excluding hydrogens is 414 g/mol. The van der Waals surface area contributed by atoms with Crippen molar-refractivity contribution in [2.45, 2.75) is 24.3 Å². The molecule has 3 rings (SSSR count). The van der Waals surface area contributed by atoms with Crippen molar-refractivity contribution < 1.29 is 27.8 Å². The number of nitrogens with one attached hydrogen (secondary N) is 1. The van der Waals surface area contributed by atoms with E-state index >= 15 is 0 Å². The molecule has 2 amide bonds. The van der Waals surface area contributed by atoms with Crippen LogP contribution in [0.1, 0.15) is 23.2 Å². The Morgan fingerprint density at radius 3 is 2.57 bits per heavy atom. The predicted molar refractivity (Wildman–Crippen MR) is 111 cm³/mol. The van der Waals surface area contributed by atoms with Crippen LogP contribution in [0.3, 0.4) is 0 Å². The summed E-state index contributed by atoms with van der Waals surface area (Å²) in [5.41, 5.74) is 0.674. The molecular formula is C21H22F2N2O4S. The van der Waals surface area contributed by atoms with Crippen molar-refractivity contribution in [2.75, 3.05) is 31.3 Å². The van der Waals surface area contributed by atoms with Gasteiger partial charge in [-0.15, -0.1) is 11.8 Å². The van der Waals surface area contributed by atoms with Crippen LogP contribution in [-0.4, -0.2) is 49.3 Å². The normalized spacial score (nSPS) is 13.4. The molecule has 2 aromatic carbocycles. The number of amides is 2. The smallest absolute Gasteiger partial charge is 0.387 e. The summed E-state index contributed by atoms with van der Waals surface area (Å²) in [4.78, 5) is 27.6. The summed E-state index contributed by atoms with van der Waals surface area (Å²) in [5.74, 6) is -0.162. The van der Waals surface area contributed by atoms with Crippen LogP contribution in [0.2, 0.25) is 0 Å². The number of halogens is 2. The van der Waals surface area contributed by atoms with Crippen molar-refractivity contribution in [1.29, 1.82) is 0 Å². The van der Waals surface area contributed by atoms with Gasteiger partial charge in [0.1, 0.15) is 0 Å². The average molecular weight is 436 g/mol. The van der Waals surface area contributed by atoms with Gasteiger partial charge in [-0.2, -0.15) is 8.78 Å². The van der Waals surface area contributed by atoms with Crippen LogP contribution in [0.15, 0.2) is 47.4 Å². The summed E-state index contributed by atoms with van der Waals surface area (Å²) in [6, 6.07) is 11.2. The number of hydrogen-bond acceptors (Lipinski definition) is 5. The van der Waals surface area contributed by atoms with Crippen molar-refractivity contribution in [2.24, 2.45) is 0 Å². The lowest BCUT2D eigenvalue weighted by Crippen LogP contribution is -2.29. The van der Waals surface area contributed by atoms with E-state index in [1.54, 1.807) is 24.3 Å². The van der Waals surface area contributed by atoms with E-state index in [-0.39, 0.29) is 28.8 Å². The first-order valence-electron chi connectivity index (χ1n) is 9.41. The summed E-state index contributed by atoms with van der Waals surface area (Å²) in [6.07, 6.45) is 2.04. The molecule has 0 saturated carbocycles. The molecule has 0 aliphatic carbocycles. The highest BCUT2D eigenvalue weighted by Gasteiger charge is 2.20. The third-order valence-corrected chi connectivity index (χ3v) is 5.64. The highest BCUT2D eigenvalue weighted by Crippen LogP contribution is 2.32. The van der Waals surface area contributed by atoms with Gasteiger partial charge in [-0.25, -0.2) is 0 Å². The van der Waals surface area contributed by atoms with Gasteiger partial charge < -0.3 is 19.7 Å². The molecule has 1 N–H and O–H groups in total. The summed E-state index contributed by atoms with van der Waals surface area (Å²) < 4.78 is 34.7. The number of carbonyl (C=O) groups excluding carboxylic acids is 2. The van der Waals surface area contributed by atoms with Gasteiger partial charge in [0.25, 0.3) is 5.91 Å². The Kier molecular flexibility index (Phi) is 7.51. The fourth-order valence-corrected chi connectivity index (χ4v) is 4.07. The molecule has 2 aromatic rings. The largest absolute Gasteiger partial charge is 0.493 e. The molecule has 1 aliphatic rings. The summed E-state index contributed by atoms with van der Waals surface area (Å²) in [7, 11) is 1.34. The lowest BCUT2D eigenvalue weighted by atomic mass is 10.2. The van der Waals surface area contributed by atoms with Crippen LogP contribution < -0.4 is 14.8 Å². The number of alkyl halides is 2. The van der Waals surface area contributed by atoms with Gasteiger partial charge in [0.2, 0.25) is 5.91 Å². The van der Waals surface area contributed by atoms with Gasteiger partial charge in [0.15, 0.2) is 11.5 Å². The van der Waals surface area contributed by atoms with Crippen LogP contribution in [0, 0.1) is 0 Å². The molecule has 1 fully saturated rings. The van der Waals surface area contributed by atoms with E-state index in [0.717, 1.165) is 25.9 Å². The Morgan fingerprint density at radius 2 is 1.87 bits per heavy atom. The minimum atomic E-state index is -3.02. The molecule has 1 aliphatic heterocycles. The fraction of sp³-hybridized carbons (Fsp3) is 0.333. The Labute approximate surface area is 177 Å². The zero-order valence-electron chi connectivity index (χ0n) is 16.4. The summed E-state index contributed by atoms with van der Waals surface area (Å²) in [5, 5.41) is 2.68. The second kappa shape index (κ2) is 10.3. The Morgan fingerprint density at radius 1 is 1.13 bits per heavy atom. The summed E-state index contributed by atoms with van der Waals surface area (Å²) in [6.45, 7) is -1.46. The molecule has 0 spiro atoms. The zero-order chi connectivity index (χ0) is 21.5. The topological polar surface area (TPSA) is 67.9 Å². The molecule has 0 aromatic heterocycles. The number of anilines is 1. The van der Waals surface area contributed by atoms with E-state index in [1.807, 2.05) is 4.90 Å². The molecule has 1 saturated heterocycles. The number of rotatable bonds is 8. The first kappa shape index (κ1) is 21.9. The first-order valence-corrected chi connectivity index (χ1v) is 10.4. The van der Waals surface area contributed by atoms with Gasteiger partial charge in [0, 0.05) is 29.7 Å². The second-order valence-corrected chi connectivity index (χ2v) is 7.59. The minimum Gasteiger partial charge on any atom is -0.493 e. The second-order valence-electron chi connectivity index (χ2n) is 6.57. The third kappa shape index (κ3) is 5.63. The molecule has 0 radical (unpaired) electrons. The van der Waals surface area contributed by atoms with E-state index in [4.69, 9.17) is 4.74 Å². The fourth-order valence-electron chi connectivity index (χ4n) is 3.12. The number of methoxy groups -OCH3 is 1. The lowest BCUT2D eigenvalue weighted by molar-refractivity contribution is -0.127. The number of nitrogens with zero attached hydrogens (tertiary/aromatic N) is 1. The standard InChI is InChI=1S/C21H22F2N2O4S/c1-28-16-9-8-14(12-17(16)29-21(22)23)24-20(27)15-6-2-3-7-18(15)30-13-19(26)25-10-4-5-11-25/h2-3,6-9,12,21H,4-5,10-11,13H2,1H3,(H,24,27). The number of hydrogen-bond donors (Lipinski definition) is 1. The van der Waals surface area contributed by atoms with E-state index < -0.39 is 12.5 Å². The minimum absolute atomic E-state index is 0.0525. The predicted octanol–water partition coefficient (Wildman–Crippen LogP) is 4.26. The maximum Gasteiger partial charge on any atom is 0.387 e. The SMILES string of the molecule is COc1ccc(NC(=O)c2ccccc2SCC(=O)N2CCCC2)cc1OC(F)F. The monoisotopic (exact) mass is 436 g/mol. The molecule has 30 heavy (non-hydrogen) atoms. The molecule has 9 heteroatoms. The zero-order valence-corrected chi connectivity index (χ0v) is 17.2. The van der Waals surface area contributed by atoms with Crippen LogP contribution in [0.4, 0.5) is 14.5 Å². The molecule has 160 valence electrons. The lowest BCUT2D eigenvalue weighted by Gasteiger charge is -2.16. The van der Waals surface area contributed by atoms with Gasteiger partial charge in [-0.1, -0.05) is 12.1 Å². The molecule has 6 nitrogen and oxygen atoms in total. The van der Waals surface area contributed by atoms with E-state index in [1.165, 1.54) is 37.1 Å². The summed E-state index contributed by atoms with van der Waals surface area (Å²) >= 11 is 1.30. The van der Waals surface area contributed by atoms with Gasteiger partial charge >= 0.3 is 6.61 Å². The van der Waals surface area contributed by atoms with Crippen molar-refractivity contribution in [1.82, 2.24) is 4.90 Å². The van der Waals surface area contributed by atoms with Crippen LogP contribution in [0.5, 0.6) is 11.5 Å². The van der Waals surface area contributed by atoms with Gasteiger partial charge in [0.05, 0.1) is 18.4 Å². The Hall–Kier alpha value is -2.81. The Bertz CT molecular complexity index is 904. The van der Waals surface area contributed by atoms with Gasteiger partial charge in [-0.05, 0) is 37.1 Å². The highest BCUT2D eigenvalue weighted by atomic mass is 32.2. The van der Waals surface area contributed by atoms with Crippen molar-refractivity contribution >= 4 is 29.3 Å². The van der Waals surface area contributed by atoms with Crippen molar-refractivity contribution in [3.63, 3.8) is 0 Å². The molecule has 0 bridgehead atoms. The molecule has 0 unspecified atom stereocenters. The van der Waals surface area contributed by atoms with Crippen LogP contribution in [-0.2, 0) is 4.79 Å². The van der Waals surface area contributed by atoms with Crippen LogP contribution in [0.25, 0.3) is 0 Å². The number of likely N-dealkylation sites (tertiary alicyclic amines) is 1. The molecule has 0 atom stereocenters. The highest BCUT2D eigenvalue weighted by molar-refractivity contribution is 8.00. The van der Waals surface area contributed by atoms with Gasteiger partial charge in [-0.3, -0.25) is 9.59 Å². The van der Waals surface area contributed by atoms with Crippen molar-refractivity contribution in [3.8, 4) is 11.5 Å². The number of carbonyl (C=O) groups is 2. The first-order chi connectivity index (χ1) is 14.5. The maximum atomic E-state index is 12.8. The van der Waals surface area contributed by atoms with E-state index in [2.05, 4.69) is 10.1 Å². The van der Waals surface area contributed by atoms with Crippen LogP contribution >= 0.6 is 11.8 Å². The quantitative estimate of drug-likeness (QED) is 0.626. The van der Waals surface area contributed by atoms with E-state index in [0.29, 0.717) is 10.5 Å². The third-order valence-electron chi connectivity index (χ3n) is 4.58. The number of ether oxygens (including phenoxy) is 2. The molecule has 1 heterocycles. The van der Waals surface area contributed by atoms with Crippen molar-refractivity contribution in [3.05, 3.63) is 48.0 Å². The average Bonchev–Trinajstić information content (AvgIpc) is 3.27. The van der Waals surface area contributed by atoms with E-state index in [9.17, 15) is 18.4 Å².